The lowest BCUT2D eigenvalue weighted by Gasteiger charge is -2.13. The molecule has 0 fully saturated rings. The molecule has 1 heterocycles. The average Bonchev–Trinajstić information content (AvgIpc) is 2.67. The molecule has 0 aliphatic carbocycles. The molecule has 0 saturated carbocycles. The molecule has 100 valence electrons. The maximum atomic E-state index is 11.2. The zero-order valence-electron chi connectivity index (χ0n) is 9.39. The van der Waals surface area contributed by atoms with Crippen molar-refractivity contribution in [2.75, 3.05) is 13.2 Å². The molecule has 0 spiro atoms. The summed E-state index contributed by atoms with van der Waals surface area (Å²) in [7, 11) is 0. The van der Waals surface area contributed by atoms with Gasteiger partial charge in [-0.1, -0.05) is 11.6 Å². The number of primary amides is 1. The molecule has 1 aromatic carbocycles. The number of carbonyl (C=O) groups excluding carboxylic acids is 1. The van der Waals surface area contributed by atoms with Gasteiger partial charge in [0.1, 0.15) is 0 Å². The lowest BCUT2D eigenvalue weighted by atomic mass is 10.1. The number of hydroxylamine groups is 2. The molecule has 0 aromatic heterocycles. The summed E-state index contributed by atoms with van der Waals surface area (Å²) in [5.41, 5.74) is 11.6. The molecule has 0 bridgehead atoms. The van der Waals surface area contributed by atoms with E-state index in [1.165, 1.54) is 11.3 Å². The summed E-state index contributed by atoms with van der Waals surface area (Å²) in [6, 6.07) is 3.17. The van der Waals surface area contributed by atoms with Gasteiger partial charge in [-0.05, 0) is 17.4 Å². The molecular weight excluding hydrogens is 281 g/mol. The maximum Gasteiger partial charge on any atom is 0.252 e. The highest BCUT2D eigenvalue weighted by atomic mass is 35.5. The number of nitrogens with two attached hydrogens (primary N) is 2. The van der Waals surface area contributed by atoms with E-state index in [0.29, 0.717) is 30.5 Å². The Balaban J connectivity index is 0.00000162. The summed E-state index contributed by atoms with van der Waals surface area (Å²) in [6.07, 6.45) is 0. The fourth-order valence-electron chi connectivity index (χ4n) is 1.56. The summed E-state index contributed by atoms with van der Waals surface area (Å²) >= 11 is 5.88. The number of fused-ring (bicyclic) bond motifs is 1. The van der Waals surface area contributed by atoms with E-state index in [1.54, 1.807) is 6.07 Å². The Bertz CT molecular complexity index is 456. The molecule has 0 unspecified atom stereocenters. The normalized spacial score (nSPS) is 13.7. The zero-order chi connectivity index (χ0) is 12.4. The van der Waals surface area contributed by atoms with Gasteiger partial charge in [0.05, 0.1) is 18.7 Å². The number of halogens is 2. The third-order valence-electron chi connectivity index (χ3n) is 2.24. The predicted octanol–water partition coefficient (Wildman–Crippen LogP) is 0.860. The van der Waals surface area contributed by atoms with E-state index in [4.69, 9.17) is 32.7 Å². The van der Waals surface area contributed by atoms with E-state index < -0.39 is 5.91 Å². The van der Waals surface area contributed by atoms with Crippen molar-refractivity contribution in [3.8, 4) is 5.75 Å². The molecule has 8 heteroatoms. The fraction of sp³-hybridized carbons (Fsp3) is 0.300. The number of benzene rings is 1. The second-order valence-electron chi connectivity index (χ2n) is 3.51. The smallest absolute Gasteiger partial charge is 0.252 e. The van der Waals surface area contributed by atoms with Gasteiger partial charge in [-0.3, -0.25) is 9.63 Å². The number of carbonyl (C=O) groups is 1. The topological polar surface area (TPSA) is 90.8 Å². The molecule has 0 atom stereocenters. The highest BCUT2D eigenvalue weighted by molar-refractivity contribution is 6.31. The highest BCUT2D eigenvalue weighted by Gasteiger charge is 2.27. The van der Waals surface area contributed by atoms with Crippen LogP contribution in [0.3, 0.4) is 0 Å². The van der Waals surface area contributed by atoms with E-state index >= 15 is 0 Å². The predicted molar refractivity (Wildman–Crippen MR) is 68.4 cm³/mol. The first-order valence-electron chi connectivity index (χ1n) is 5.02. The molecule has 1 aliphatic rings. The van der Waals surface area contributed by atoms with Gasteiger partial charge in [0, 0.05) is 17.1 Å². The van der Waals surface area contributed by atoms with Crippen LogP contribution in [0.5, 0.6) is 5.75 Å². The highest BCUT2D eigenvalue weighted by Crippen LogP contribution is 2.34. The monoisotopic (exact) mass is 293 g/mol. The molecule has 1 amide bonds. The average molecular weight is 294 g/mol. The molecule has 6 nitrogen and oxygen atoms in total. The quantitative estimate of drug-likeness (QED) is 0.859. The van der Waals surface area contributed by atoms with Gasteiger partial charge in [-0.2, -0.15) is 0 Å². The lowest BCUT2D eigenvalue weighted by molar-refractivity contribution is -0.310. The second-order valence-corrected chi connectivity index (χ2v) is 3.95. The fourth-order valence-corrected chi connectivity index (χ4v) is 1.80. The summed E-state index contributed by atoms with van der Waals surface area (Å²) in [6.45, 7) is 1.07. The van der Waals surface area contributed by atoms with E-state index in [0.717, 1.165) is 5.56 Å². The van der Waals surface area contributed by atoms with E-state index in [2.05, 4.69) is 0 Å². The minimum atomic E-state index is -0.593. The Labute approximate surface area is 115 Å². The van der Waals surface area contributed by atoms with Gasteiger partial charge in [0.2, 0.25) is 0 Å². The first-order valence-corrected chi connectivity index (χ1v) is 5.40. The van der Waals surface area contributed by atoms with Gasteiger partial charge in [0.25, 0.3) is 5.91 Å². The standard InChI is InChI=1S/C10H12ClN3O3.ClH/c11-7-3-6-5-14(16-2-1-12)17-9(6)8(4-7)10(13)15;/h3-4H,1-2,5,12H2,(H2,13,15);1H. The molecule has 0 saturated heterocycles. The van der Waals surface area contributed by atoms with Gasteiger partial charge < -0.3 is 16.3 Å². The summed E-state index contributed by atoms with van der Waals surface area (Å²) in [4.78, 5) is 21.8. The van der Waals surface area contributed by atoms with Crippen molar-refractivity contribution in [3.63, 3.8) is 0 Å². The number of hydrogen-bond acceptors (Lipinski definition) is 5. The van der Waals surface area contributed by atoms with Crippen LogP contribution in [0.15, 0.2) is 12.1 Å². The van der Waals surface area contributed by atoms with Crippen LogP contribution >= 0.6 is 24.0 Å². The van der Waals surface area contributed by atoms with Crippen LogP contribution in [0.25, 0.3) is 0 Å². The van der Waals surface area contributed by atoms with Gasteiger partial charge in [0.15, 0.2) is 5.75 Å². The Morgan fingerprint density at radius 1 is 1.56 bits per heavy atom. The minimum Gasteiger partial charge on any atom is -0.379 e. The van der Waals surface area contributed by atoms with Crippen LogP contribution in [0.4, 0.5) is 0 Å². The molecule has 18 heavy (non-hydrogen) atoms. The van der Waals surface area contributed by atoms with Gasteiger partial charge >= 0.3 is 0 Å². The minimum absolute atomic E-state index is 0. The molecule has 1 aliphatic heterocycles. The van der Waals surface area contributed by atoms with Crippen molar-refractivity contribution < 1.29 is 14.5 Å². The van der Waals surface area contributed by atoms with Crippen LogP contribution < -0.4 is 16.3 Å². The first kappa shape index (κ1) is 15.0. The van der Waals surface area contributed by atoms with Gasteiger partial charge in [-0.25, -0.2) is 0 Å². The summed E-state index contributed by atoms with van der Waals surface area (Å²) < 4.78 is 0. The van der Waals surface area contributed by atoms with Crippen LogP contribution in [0.2, 0.25) is 5.02 Å². The lowest BCUT2D eigenvalue weighted by Crippen LogP contribution is -2.25. The van der Waals surface area contributed by atoms with Crippen LogP contribution in [-0.2, 0) is 11.4 Å². The van der Waals surface area contributed by atoms with Crippen LogP contribution in [0, 0.1) is 0 Å². The Hall–Kier alpha value is -1.05. The van der Waals surface area contributed by atoms with Crippen molar-refractivity contribution in [2.45, 2.75) is 6.54 Å². The molecule has 2 rings (SSSR count). The first-order chi connectivity index (χ1) is 8.11. The maximum absolute atomic E-state index is 11.2. The van der Waals surface area contributed by atoms with Crippen molar-refractivity contribution in [3.05, 3.63) is 28.3 Å². The summed E-state index contributed by atoms with van der Waals surface area (Å²) in [5, 5.41) is 1.68. The number of hydrogen-bond donors (Lipinski definition) is 2. The molecule has 1 aromatic rings. The largest absolute Gasteiger partial charge is 0.379 e. The van der Waals surface area contributed by atoms with Crippen LogP contribution in [-0.4, -0.2) is 24.3 Å². The van der Waals surface area contributed by atoms with Crippen molar-refractivity contribution in [2.24, 2.45) is 11.5 Å². The SMILES string of the molecule is Cl.NCCON1Cc2cc(Cl)cc(C(N)=O)c2O1. The number of nitrogens with zero attached hydrogens (tertiary/aromatic N) is 1. The molecular formula is C10H13Cl2N3O3. The number of amides is 1. The Morgan fingerprint density at radius 2 is 2.28 bits per heavy atom. The van der Waals surface area contributed by atoms with Gasteiger partial charge in [-0.15, -0.1) is 12.4 Å². The van der Waals surface area contributed by atoms with E-state index in [1.807, 2.05) is 0 Å². The van der Waals surface area contributed by atoms with Crippen molar-refractivity contribution >= 4 is 29.9 Å². The molecule has 4 N–H and O–H groups in total. The second kappa shape index (κ2) is 6.21. The van der Waals surface area contributed by atoms with Crippen LogP contribution in [0.1, 0.15) is 15.9 Å². The Morgan fingerprint density at radius 3 is 2.89 bits per heavy atom. The Kier molecular flexibility index (Phi) is 5.18. The number of rotatable bonds is 4. The summed E-state index contributed by atoms with van der Waals surface area (Å²) in [5.74, 6) is -0.205. The molecule has 0 radical (unpaired) electrons. The third kappa shape index (κ3) is 3.04. The zero-order valence-corrected chi connectivity index (χ0v) is 11.0. The van der Waals surface area contributed by atoms with Crippen molar-refractivity contribution in [1.29, 1.82) is 0 Å². The third-order valence-corrected chi connectivity index (χ3v) is 2.46. The van der Waals surface area contributed by atoms with E-state index in [9.17, 15) is 4.79 Å². The van der Waals surface area contributed by atoms with E-state index in [-0.39, 0.29) is 18.0 Å². The van der Waals surface area contributed by atoms with Crippen molar-refractivity contribution in [1.82, 2.24) is 5.23 Å².